The molecule has 0 spiro atoms. The fourth-order valence-electron chi connectivity index (χ4n) is 2.31. The van der Waals surface area contributed by atoms with Crippen molar-refractivity contribution in [3.8, 4) is 0 Å². The Hall–Kier alpha value is -1.24. The number of nitrogens with zero attached hydrogens (tertiary/aromatic N) is 1. The van der Waals surface area contributed by atoms with Gasteiger partial charge in [-0.15, -0.1) is 0 Å². The van der Waals surface area contributed by atoms with Gasteiger partial charge in [0.2, 0.25) is 0 Å². The molecule has 7 heteroatoms. The van der Waals surface area contributed by atoms with Crippen molar-refractivity contribution in [1.82, 2.24) is 9.55 Å². The molecular weight excluding hydrogens is 391 g/mol. The molecular formula is C17H22N2O3SSe. The number of H-pyrrole nitrogens is 1. The number of benzene rings is 1. The van der Waals surface area contributed by atoms with E-state index < -0.39 is 0 Å². The Morgan fingerprint density at radius 3 is 2.79 bits per heavy atom. The zero-order valence-electron chi connectivity index (χ0n) is 14.0. The second-order valence-electron chi connectivity index (χ2n) is 5.74. The third-order valence-corrected chi connectivity index (χ3v) is 6.10. The van der Waals surface area contributed by atoms with Crippen LogP contribution in [0, 0.1) is 11.7 Å². The van der Waals surface area contributed by atoms with Gasteiger partial charge in [0.15, 0.2) is 0 Å². The second-order valence-corrected chi connectivity index (χ2v) is 8.36. The molecule has 2 rings (SSSR count). The molecule has 0 fully saturated rings. The monoisotopic (exact) mass is 414 g/mol. The molecule has 0 aliphatic rings. The summed E-state index contributed by atoms with van der Waals surface area (Å²) in [7, 11) is 0. The van der Waals surface area contributed by atoms with E-state index in [1.165, 1.54) is 10.0 Å². The summed E-state index contributed by atoms with van der Waals surface area (Å²) < 4.78 is 9.76. The van der Waals surface area contributed by atoms with Crippen molar-refractivity contribution in [2.45, 2.75) is 33.4 Å². The van der Waals surface area contributed by atoms with Crippen molar-refractivity contribution in [3.05, 3.63) is 50.5 Å². The Morgan fingerprint density at radius 1 is 1.42 bits per heavy atom. The van der Waals surface area contributed by atoms with Crippen molar-refractivity contribution < 1.29 is 9.84 Å². The molecule has 0 aliphatic heterocycles. The predicted octanol–water partition coefficient (Wildman–Crippen LogP) is 0.959. The van der Waals surface area contributed by atoms with E-state index in [0.29, 0.717) is 4.77 Å². The summed E-state index contributed by atoms with van der Waals surface area (Å²) in [5.41, 5.74) is 1.81. The summed E-state index contributed by atoms with van der Waals surface area (Å²) in [6.45, 7) is 6.46. The van der Waals surface area contributed by atoms with Gasteiger partial charge in [-0.1, -0.05) is 0 Å². The molecule has 5 nitrogen and oxygen atoms in total. The van der Waals surface area contributed by atoms with Gasteiger partial charge in [-0.2, -0.15) is 0 Å². The van der Waals surface area contributed by atoms with Crippen LogP contribution in [0.5, 0.6) is 0 Å². The summed E-state index contributed by atoms with van der Waals surface area (Å²) >= 11 is 5.27. The number of aliphatic hydroxyl groups is 1. The summed E-state index contributed by atoms with van der Waals surface area (Å²) in [6.07, 6.45) is 0. The second kappa shape index (κ2) is 8.74. The third kappa shape index (κ3) is 4.65. The van der Waals surface area contributed by atoms with Gasteiger partial charge in [0.05, 0.1) is 0 Å². The Balaban J connectivity index is 2.55. The van der Waals surface area contributed by atoms with E-state index in [0.717, 1.165) is 10.2 Å². The number of aromatic amines is 1. The molecule has 130 valence electrons. The van der Waals surface area contributed by atoms with Crippen molar-refractivity contribution in [1.29, 1.82) is 0 Å². The number of rotatable bonds is 7. The first-order valence-corrected chi connectivity index (χ1v) is 9.86. The van der Waals surface area contributed by atoms with E-state index >= 15 is 0 Å². The van der Waals surface area contributed by atoms with Crippen LogP contribution in [0.2, 0.25) is 0 Å². The van der Waals surface area contributed by atoms with E-state index in [2.05, 4.69) is 30.1 Å². The summed E-state index contributed by atoms with van der Waals surface area (Å²) in [4.78, 5) is 15.2. The van der Waals surface area contributed by atoms with E-state index in [1.807, 2.05) is 24.5 Å². The van der Waals surface area contributed by atoms with Gasteiger partial charge in [-0.3, -0.25) is 0 Å². The van der Waals surface area contributed by atoms with Gasteiger partial charge in [0.1, 0.15) is 0 Å². The standard InChI is InChI=1S/C17H22N2O3SSe/c1-11(2)14-15(21)18-17(23)19(10-22-8-7-20)16(14)24-13-6-4-5-12(3)9-13/h4-6,9,11,20H,7-8,10H2,1-3H3,(H,18,21,23). The number of hydrogen-bond acceptors (Lipinski definition) is 4. The van der Waals surface area contributed by atoms with E-state index in [1.54, 1.807) is 0 Å². The minimum atomic E-state index is -0.127. The normalized spacial score (nSPS) is 11.2. The number of aliphatic hydroxyl groups excluding tert-OH is 1. The first-order valence-electron chi connectivity index (χ1n) is 7.74. The number of hydrogen-bond donors (Lipinski definition) is 2. The van der Waals surface area contributed by atoms with Gasteiger partial charge in [0.25, 0.3) is 0 Å². The first kappa shape index (κ1) is 19.1. The number of aryl methyl sites for hydroxylation is 1. The Morgan fingerprint density at radius 2 is 2.17 bits per heavy atom. The van der Waals surface area contributed by atoms with Crippen molar-refractivity contribution >= 4 is 36.2 Å². The number of ether oxygens (including phenoxy) is 1. The van der Waals surface area contributed by atoms with Gasteiger partial charge in [0, 0.05) is 0 Å². The topological polar surface area (TPSA) is 67.2 Å². The molecule has 0 aliphatic carbocycles. The fraction of sp³-hybridized carbons (Fsp3) is 0.412. The minimum absolute atomic E-state index is 0.0495. The molecule has 1 heterocycles. The average molecular weight is 413 g/mol. The maximum atomic E-state index is 12.4. The van der Waals surface area contributed by atoms with Crippen LogP contribution in [0.25, 0.3) is 0 Å². The van der Waals surface area contributed by atoms with Crippen LogP contribution in [-0.4, -0.2) is 42.8 Å². The molecule has 2 aromatic rings. The fourth-order valence-corrected chi connectivity index (χ4v) is 5.42. The number of aromatic nitrogens is 2. The molecule has 0 saturated carbocycles. The molecule has 0 unspecified atom stereocenters. The zero-order valence-corrected chi connectivity index (χ0v) is 16.6. The van der Waals surface area contributed by atoms with Crippen LogP contribution in [0.4, 0.5) is 0 Å². The Bertz CT molecular complexity index is 814. The van der Waals surface area contributed by atoms with Gasteiger partial charge in [-0.05, 0) is 0 Å². The summed E-state index contributed by atoms with van der Waals surface area (Å²) in [5, 5.41) is 8.92. The van der Waals surface area contributed by atoms with Gasteiger partial charge >= 0.3 is 153 Å². The van der Waals surface area contributed by atoms with Crippen molar-refractivity contribution in [2.75, 3.05) is 13.2 Å². The van der Waals surface area contributed by atoms with Gasteiger partial charge < -0.3 is 0 Å². The van der Waals surface area contributed by atoms with Crippen LogP contribution < -0.4 is 14.6 Å². The zero-order chi connectivity index (χ0) is 17.7. The Kier molecular flexibility index (Phi) is 6.95. The van der Waals surface area contributed by atoms with Crippen LogP contribution in [-0.2, 0) is 11.5 Å². The molecule has 0 atom stereocenters. The predicted molar refractivity (Wildman–Crippen MR) is 99.2 cm³/mol. The van der Waals surface area contributed by atoms with E-state index in [4.69, 9.17) is 22.1 Å². The van der Waals surface area contributed by atoms with Crippen LogP contribution in [0.1, 0.15) is 30.9 Å². The van der Waals surface area contributed by atoms with Crippen molar-refractivity contribution in [3.63, 3.8) is 0 Å². The summed E-state index contributed by atoms with van der Waals surface area (Å²) in [6, 6.07) is 8.28. The molecule has 0 saturated heterocycles. The van der Waals surface area contributed by atoms with Crippen LogP contribution in [0.3, 0.4) is 0 Å². The maximum absolute atomic E-state index is 12.4. The van der Waals surface area contributed by atoms with Crippen LogP contribution >= 0.6 is 12.2 Å². The average Bonchev–Trinajstić information content (AvgIpc) is 2.49. The molecule has 2 N–H and O–H groups in total. The Labute approximate surface area is 152 Å². The van der Waals surface area contributed by atoms with Crippen molar-refractivity contribution in [2.24, 2.45) is 0 Å². The van der Waals surface area contributed by atoms with E-state index in [-0.39, 0.29) is 46.4 Å². The third-order valence-electron chi connectivity index (χ3n) is 3.42. The first-order chi connectivity index (χ1) is 11.4. The molecule has 0 radical (unpaired) electrons. The molecule has 0 bridgehead atoms. The van der Waals surface area contributed by atoms with E-state index in [9.17, 15) is 4.79 Å². The SMILES string of the molecule is Cc1cccc([Se]c2c(C(C)C)c(=O)[nH]c(=S)n2COCCO)c1. The van der Waals surface area contributed by atoms with Crippen LogP contribution in [0.15, 0.2) is 29.1 Å². The molecule has 1 aromatic heterocycles. The summed E-state index contributed by atoms with van der Waals surface area (Å²) in [5.74, 6) is 0.0788. The molecule has 1 aromatic carbocycles. The number of nitrogens with one attached hydrogen (secondary N) is 1. The molecule has 0 amide bonds. The van der Waals surface area contributed by atoms with Gasteiger partial charge in [-0.25, -0.2) is 0 Å². The molecule has 24 heavy (non-hydrogen) atoms. The quantitative estimate of drug-likeness (QED) is 0.403.